The second-order valence-electron chi connectivity index (χ2n) is 1.58. The van der Waals surface area contributed by atoms with Gasteiger partial charge in [0.1, 0.15) is 0 Å². The highest BCUT2D eigenvalue weighted by molar-refractivity contribution is 5.70. The van der Waals surface area contributed by atoms with E-state index in [1.807, 2.05) is 0 Å². The fourth-order valence-corrected chi connectivity index (χ4v) is 0.118. The summed E-state index contributed by atoms with van der Waals surface area (Å²) in [6, 6.07) is 0. The molecular weight excluding hydrogens is 94.0 g/mol. The molecule has 7 heavy (non-hydrogen) atoms. The molecule has 0 atom stereocenters. The molecule has 0 fully saturated rings. The minimum absolute atomic E-state index is 0.183. The molecule has 0 amide bonds. The van der Waals surface area contributed by atoms with Crippen LogP contribution in [0.4, 0.5) is 0 Å². The van der Waals surface area contributed by atoms with Crippen LogP contribution in [0.1, 0.15) is 13.8 Å². The molecule has 1 N–H and O–H groups in total. The second-order valence-corrected chi connectivity index (χ2v) is 1.58. The molecule has 0 bridgehead atoms. The summed E-state index contributed by atoms with van der Waals surface area (Å²) in [6.45, 7) is 3.35. The van der Waals surface area contributed by atoms with Crippen LogP contribution in [0.15, 0.2) is 0 Å². The van der Waals surface area contributed by atoms with Gasteiger partial charge < -0.3 is 4.84 Å². The molecule has 0 aliphatic rings. The van der Waals surface area contributed by atoms with Crippen molar-refractivity contribution in [1.82, 2.24) is 5.90 Å². The lowest BCUT2D eigenvalue weighted by molar-refractivity contribution is -0.149. The average Bonchev–Trinajstić information content (AvgIpc) is 1.65. The number of hydrogen-bond acceptors (Lipinski definition) is 2. The molecule has 3 nitrogen and oxygen atoms in total. The molecule has 0 aromatic rings. The van der Waals surface area contributed by atoms with E-state index in [-0.39, 0.29) is 5.92 Å². The van der Waals surface area contributed by atoms with Crippen molar-refractivity contribution in [3.05, 3.63) is 0 Å². The first-order valence-electron chi connectivity index (χ1n) is 2.06. The lowest BCUT2D eigenvalue weighted by Gasteiger charge is -1.95. The maximum Gasteiger partial charge on any atom is 0.329 e. The van der Waals surface area contributed by atoms with Crippen molar-refractivity contribution in [2.45, 2.75) is 13.8 Å². The maximum absolute atomic E-state index is 10.1. The van der Waals surface area contributed by atoms with E-state index in [1.165, 1.54) is 0 Å². The maximum atomic E-state index is 10.1. The summed E-state index contributed by atoms with van der Waals surface area (Å²) in [4.78, 5) is 13.7. The Kier molecular flexibility index (Phi) is 2.37. The molecule has 0 aliphatic heterocycles. The van der Waals surface area contributed by atoms with Crippen LogP contribution in [0.5, 0.6) is 0 Å². The molecular formula is C4H8NO2. The first kappa shape index (κ1) is 6.43. The topological polar surface area (TPSA) is 50.1 Å². The van der Waals surface area contributed by atoms with Crippen LogP contribution < -0.4 is 5.90 Å². The van der Waals surface area contributed by atoms with Crippen LogP contribution in [0.25, 0.3) is 0 Å². The van der Waals surface area contributed by atoms with E-state index < -0.39 is 5.97 Å². The van der Waals surface area contributed by atoms with Crippen molar-refractivity contribution in [1.29, 1.82) is 0 Å². The van der Waals surface area contributed by atoms with E-state index in [4.69, 9.17) is 5.90 Å². The van der Waals surface area contributed by atoms with Gasteiger partial charge in [0.25, 0.3) is 0 Å². The van der Waals surface area contributed by atoms with Crippen molar-refractivity contribution in [3.8, 4) is 0 Å². The Labute approximate surface area is 42.4 Å². The summed E-state index contributed by atoms with van der Waals surface area (Å²) < 4.78 is 0. The number of hydrogen-bond donors (Lipinski definition) is 0. The normalized spacial score (nSPS) is 9.14. The molecule has 0 unspecified atom stereocenters. The van der Waals surface area contributed by atoms with E-state index >= 15 is 0 Å². The summed E-state index contributed by atoms with van der Waals surface area (Å²) in [5, 5.41) is 0. The number of carbonyl (C=O) groups is 1. The van der Waals surface area contributed by atoms with Crippen molar-refractivity contribution in [2.24, 2.45) is 5.92 Å². The van der Waals surface area contributed by atoms with Crippen molar-refractivity contribution >= 4 is 5.97 Å². The van der Waals surface area contributed by atoms with Gasteiger partial charge in [-0.3, -0.25) is 4.79 Å². The lowest BCUT2D eigenvalue weighted by Crippen LogP contribution is -2.09. The van der Waals surface area contributed by atoms with E-state index in [0.29, 0.717) is 0 Å². The highest BCUT2D eigenvalue weighted by atomic mass is 16.7. The van der Waals surface area contributed by atoms with Gasteiger partial charge in [0.15, 0.2) is 0 Å². The van der Waals surface area contributed by atoms with E-state index in [1.54, 1.807) is 13.8 Å². The Morgan fingerprint density at radius 2 is 2.14 bits per heavy atom. The Bertz CT molecular complexity index is 70.1. The van der Waals surface area contributed by atoms with Gasteiger partial charge in [-0.25, -0.2) is 0 Å². The first-order valence-corrected chi connectivity index (χ1v) is 2.06. The van der Waals surface area contributed by atoms with Gasteiger partial charge in [-0.1, -0.05) is 19.7 Å². The number of rotatable bonds is 1. The van der Waals surface area contributed by atoms with Crippen LogP contribution in [-0.2, 0) is 9.63 Å². The van der Waals surface area contributed by atoms with E-state index in [2.05, 4.69) is 4.84 Å². The SMILES string of the molecule is CC(C)C(=O)O[NH]. The summed E-state index contributed by atoms with van der Waals surface area (Å²) >= 11 is 0. The molecule has 0 aromatic carbocycles. The molecule has 1 radical (unpaired) electrons. The van der Waals surface area contributed by atoms with Crippen LogP contribution in [0.3, 0.4) is 0 Å². The third-order valence-corrected chi connectivity index (χ3v) is 0.572. The Morgan fingerprint density at radius 1 is 1.71 bits per heavy atom. The lowest BCUT2D eigenvalue weighted by atomic mass is 10.2. The van der Waals surface area contributed by atoms with Gasteiger partial charge >= 0.3 is 5.97 Å². The van der Waals surface area contributed by atoms with Gasteiger partial charge in [0.2, 0.25) is 0 Å². The zero-order chi connectivity index (χ0) is 5.86. The average molecular weight is 102 g/mol. The Balaban J connectivity index is 3.35. The molecule has 0 spiro atoms. The largest absolute Gasteiger partial charge is 0.353 e. The van der Waals surface area contributed by atoms with E-state index in [0.717, 1.165) is 0 Å². The molecule has 0 saturated heterocycles. The molecule has 3 heteroatoms. The number of carbonyl (C=O) groups excluding carboxylic acids is 1. The van der Waals surface area contributed by atoms with Crippen LogP contribution in [0.2, 0.25) is 0 Å². The zero-order valence-corrected chi connectivity index (χ0v) is 4.39. The van der Waals surface area contributed by atoms with Crippen molar-refractivity contribution in [2.75, 3.05) is 0 Å². The minimum atomic E-state index is -0.486. The smallest absolute Gasteiger partial charge is 0.329 e. The van der Waals surface area contributed by atoms with Gasteiger partial charge in [-0.05, 0) is 0 Å². The monoisotopic (exact) mass is 102 g/mol. The van der Waals surface area contributed by atoms with Gasteiger partial charge in [0.05, 0.1) is 5.92 Å². The van der Waals surface area contributed by atoms with Crippen LogP contribution >= 0.6 is 0 Å². The third-order valence-electron chi connectivity index (χ3n) is 0.572. The molecule has 41 valence electrons. The van der Waals surface area contributed by atoms with Crippen LogP contribution in [-0.4, -0.2) is 5.97 Å². The minimum Gasteiger partial charge on any atom is -0.353 e. The number of nitrogens with one attached hydrogen (secondary N) is 1. The highest BCUT2D eigenvalue weighted by Gasteiger charge is 2.04. The van der Waals surface area contributed by atoms with Crippen molar-refractivity contribution in [3.63, 3.8) is 0 Å². The predicted molar refractivity (Wildman–Crippen MR) is 24.0 cm³/mol. The molecule has 0 saturated carbocycles. The van der Waals surface area contributed by atoms with Gasteiger partial charge in [-0.2, -0.15) is 0 Å². The summed E-state index contributed by atoms with van der Waals surface area (Å²) in [7, 11) is 0. The van der Waals surface area contributed by atoms with Crippen molar-refractivity contribution < 1.29 is 9.63 Å². The summed E-state index contributed by atoms with van der Waals surface area (Å²) in [5.74, 6) is 5.42. The molecule has 0 rings (SSSR count). The fourth-order valence-electron chi connectivity index (χ4n) is 0.118. The Hall–Kier alpha value is -0.570. The second kappa shape index (κ2) is 2.58. The molecule has 0 heterocycles. The first-order chi connectivity index (χ1) is 3.18. The molecule has 0 aromatic heterocycles. The standard InChI is InChI=1S/C4H8NO2/c1-3(2)4(6)7-5/h3,5H,1-2H3. The third kappa shape index (κ3) is 2.17. The predicted octanol–water partition coefficient (Wildman–Crippen LogP) is 0.384. The van der Waals surface area contributed by atoms with Gasteiger partial charge in [0, 0.05) is 0 Å². The van der Waals surface area contributed by atoms with Gasteiger partial charge in [-0.15, -0.1) is 0 Å². The summed E-state index contributed by atoms with van der Waals surface area (Å²) in [5.41, 5.74) is 0. The summed E-state index contributed by atoms with van der Waals surface area (Å²) in [6.07, 6.45) is 0. The molecule has 0 aliphatic carbocycles. The highest BCUT2D eigenvalue weighted by Crippen LogP contribution is 1.91. The zero-order valence-electron chi connectivity index (χ0n) is 4.39. The fraction of sp³-hybridized carbons (Fsp3) is 0.750. The van der Waals surface area contributed by atoms with E-state index in [9.17, 15) is 4.79 Å². The van der Waals surface area contributed by atoms with Crippen LogP contribution in [0, 0.1) is 5.92 Å². The Morgan fingerprint density at radius 3 is 2.14 bits per heavy atom. The quantitative estimate of drug-likeness (QED) is 0.449.